The fourth-order valence-electron chi connectivity index (χ4n) is 3.89. The van der Waals surface area contributed by atoms with Gasteiger partial charge in [-0.25, -0.2) is 4.79 Å². The molecule has 2 rings (SSSR count). The predicted molar refractivity (Wildman–Crippen MR) is 81.0 cm³/mol. The van der Waals surface area contributed by atoms with Gasteiger partial charge in [0.2, 0.25) is 5.91 Å². The van der Waals surface area contributed by atoms with Crippen LogP contribution in [-0.2, 0) is 9.59 Å². The molecule has 0 bridgehead atoms. The van der Waals surface area contributed by atoms with Crippen LogP contribution in [0.5, 0.6) is 0 Å². The minimum Gasteiger partial charge on any atom is -0.480 e. The van der Waals surface area contributed by atoms with Gasteiger partial charge in [-0.2, -0.15) is 0 Å². The van der Waals surface area contributed by atoms with Crippen LogP contribution in [0.2, 0.25) is 0 Å². The molecule has 0 aromatic carbocycles. The molecule has 1 aliphatic carbocycles. The Kier molecular flexibility index (Phi) is 5.62. The van der Waals surface area contributed by atoms with E-state index >= 15 is 0 Å². The first-order chi connectivity index (χ1) is 10.1. The molecule has 5 heteroatoms. The van der Waals surface area contributed by atoms with Crippen molar-refractivity contribution in [1.82, 2.24) is 10.6 Å². The first-order valence-electron chi connectivity index (χ1n) is 8.33. The number of carboxylic acids is 1. The molecule has 0 aromatic rings. The van der Waals surface area contributed by atoms with Crippen molar-refractivity contribution in [2.45, 2.75) is 64.3 Å². The highest BCUT2D eigenvalue weighted by Gasteiger charge is 2.42. The van der Waals surface area contributed by atoms with E-state index < -0.39 is 17.4 Å². The Bertz CT molecular complexity index is 372. The number of carbonyl (C=O) groups excluding carboxylic acids is 1. The number of nitrogens with one attached hydrogen (secondary N) is 2. The van der Waals surface area contributed by atoms with Crippen LogP contribution in [0.3, 0.4) is 0 Å². The summed E-state index contributed by atoms with van der Waals surface area (Å²) < 4.78 is 0. The average molecular weight is 296 g/mol. The Balaban J connectivity index is 2.04. The van der Waals surface area contributed by atoms with E-state index in [9.17, 15) is 14.7 Å². The second kappa shape index (κ2) is 7.25. The first-order valence-corrected chi connectivity index (χ1v) is 8.33. The highest BCUT2D eigenvalue weighted by atomic mass is 16.4. The molecule has 2 fully saturated rings. The van der Waals surface area contributed by atoms with Crippen LogP contribution >= 0.6 is 0 Å². The van der Waals surface area contributed by atoms with Crippen LogP contribution in [0.15, 0.2) is 0 Å². The van der Waals surface area contributed by atoms with Crippen molar-refractivity contribution in [3.8, 4) is 0 Å². The van der Waals surface area contributed by atoms with Crippen molar-refractivity contribution in [2.24, 2.45) is 11.3 Å². The van der Waals surface area contributed by atoms with Gasteiger partial charge in [-0.15, -0.1) is 0 Å². The number of amides is 1. The van der Waals surface area contributed by atoms with Gasteiger partial charge >= 0.3 is 5.97 Å². The predicted octanol–water partition coefficient (Wildman–Crippen LogP) is 1.92. The van der Waals surface area contributed by atoms with Gasteiger partial charge in [0.1, 0.15) is 6.04 Å². The van der Waals surface area contributed by atoms with Gasteiger partial charge in [-0.3, -0.25) is 4.79 Å². The molecule has 2 aliphatic rings. The Hall–Kier alpha value is -1.10. The maximum atomic E-state index is 12.7. The van der Waals surface area contributed by atoms with Crippen molar-refractivity contribution in [3.05, 3.63) is 0 Å². The van der Waals surface area contributed by atoms with Gasteiger partial charge in [-0.05, 0) is 38.1 Å². The van der Waals surface area contributed by atoms with E-state index in [-0.39, 0.29) is 11.8 Å². The van der Waals surface area contributed by atoms with Crippen molar-refractivity contribution >= 4 is 11.9 Å². The van der Waals surface area contributed by atoms with E-state index in [1.165, 1.54) is 6.42 Å². The molecule has 1 aliphatic heterocycles. The highest BCUT2D eigenvalue weighted by molar-refractivity contribution is 5.88. The van der Waals surface area contributed by atoms with Gasteiger partial charge in [0.15, 0.2) is 0 Å². The lowest BCUT2D eigenvalue weighted by Gasteiger charge is -2.32. The summed E-state index contributed by atoms with van der Waals surface area (Å²) in [4.78, 5) is 24.3. The molecule has 1 amide bonds. The molecule has 120 valence electrons. The van der Waals surface area contributed by atoms with Gasteiger partial charge in [0, 0.05) is 6.54 Å². The molecule has 3 N–H and O–H groups in total. The second-order valence-electron chi connectivity index (χ2n) is 6.64. The van der Waals surface area contributed by atoms with E-state index in [2.05, 4.69) is 17.6 Å². The lowest BCUT2D eigenvalue weighted by Crippen LogP contribution is -2.52. The molecule has 0 radical (unpaired) electrons. The van der Waals surface area contributed by atoms with Crippen molar-refractivity contribution in [3.63, 3.8) is 0 Å². The van der Waals surface area contributed by atoms with E-state index in [1.54, 1.807) is 0 Å². The van der Waals surface area contributed by atoms with Crippen molar-refractivity contribution < 1.29 is 14.7 Å². The molecule has 1 saturated heterocycles. The van der Waals surface area contributed by atoms with Gasteiger partial charge in [0.25, 0.3) is 0 Å². The Morgan fingerprint density at radius 1 is 1.33 bits per heavy atom. The van der Waals surface area contributed by atoms with Crippen LogP contribution in [0.1, 0.15) is 58.3 Å². The number of carboxylic acid groups (broad SMARTS) is 1. The maximum Gasteiger partial charge on any atom is 0.326 e. The van der Waals surface area contributed by atoms with Crippen LogP contribution in [0, 0.1) is 11.3 Å². The molecule has 0 spiro atoms. The number of hydrogen-bond donors (Lipinski definition) is 3. The third-order valence-corrected chi connectivity index (χ3v) is 5.13. The summed E-state index contributed by atoms with van der Waals surface area (Å²) in [6, 6.07) is -0.716. The molecule has 21 heavy (non-hydrogen) atoms. The van der Waals surface area contributed by atoms with Crippen LogP contribution in [-0.4, -0.2) is 36.1 Å². The monoisotopic (exact) mass is 296 g/mol. The zero-order valence-electron chi connectivity index (χ0n) is 13.0. The fourth-order valence-corrected chi connectivity index (χ4v) is 3.89. The zero-order valence-corrected chi connectivity index (χ0v) is 13.0. The van der Waals surface area contributed by atoms with E-state index in [0.29, 0.717) is 6.54 Å². The molecule has 5 nitrogen and oxygen atoms in total. The molecule has 1 heterocycles. The number of aliphatic carboxylic acids is 1. The van der Waals surface area contributed by atoms with Crippen molar-refractivity contribution in [1.29, 1.82) is 0 Å². The van der Waals surface area contributed by atoms with Gasteiger partial charge in [0.05, 0.1) is 5.41 Å². The van der Waals surface area contributed by atoms with E-state index in [0.717, 1.165) is 51.5 Å². The summed E-state index contributed by atoms with van der Waals surface area (Å²) in [5.41, 5.74) is -0.406. The summed E-state index contributed by atoms with van der Waals surface area (Å²) in [5.74, 6) is -0.853. The molecular weight excluding hydrogens is 268 g/mol. The summed E-state index contributed by atoms with van der Waals surface area (Å²) in [5, 5.41) is 15.6. The number of rotatable bonds is 6. The Morgan fingerprint density at radius 3 is 2.57 bits per heavy atom. The van der Waals surface area contributed by atoms with Crippen LogP contribution < -0.4 is 10.6 Å². The summed E-state index contributed by atoms with van der Waals surface area (Å²) >= 11 is 0. The van der Waals surface area contributed by atoms with Crippen LogP contribution in [0.25, 0.3) is 0 Å². The number of hydrogen-bond acceptors (Lipinski definition) is 3. The van der Waals surface area contributed by atoms with Crippen LogP contribution in [0.4, 0.5) is 0 Å². The molecule has 0 aromatic heterocycles. The van der Waals surface area contributed by atoms with Gasteiger partial charge in [-0.1, -0.05) is 32.6 Å². The van der Waals surface area contributed by atoms with Gasteiger partial charge < -0.3 is 15.7 Å². The third-order valence-electron chi connectivity index (χ3n) is 5.13. The van der Waals surface area contributed by atoms with E-state index in [4.69, 9.17) is 0 Å². The van der Waals surface area contributed by atoms with E-state index in [1.807, 2.05) is 0 Å². The van der Waals surface area contributed by atoms with Crippen molar-refractivity contribution in [2.75, 3.05) is 13.1 Å². The first kappa shape index (κ1) is 16.3. The molecule has 2 unspecified atom stereocenters. The zero-order chi connectivity index (χ0) is 15.3. The topological polar surface area (TPSA) is 78.4 Å². The third kappa shape index (κ3) is 3.76. The average Bonchev–Trinajstić information content (AvgIpc) is 2.95. The quantitative estimate of drug-likeness (QED) is 0.699. The lowest BCUT2D eigenvalue weighted by atomic mass is 9.79. The highest BCUT2D eigenvalue weighted by Crippen LogP contribution is 2.33. The standard InChI is InChI=1S/C16H28N2O3/c1-2-8-16(9-10-17-11-16)15(21)18-13(14(19)20)12-6-4-3-5-7-12/h12-13,17H,2-11H2,1H3,(H,18,21)(H,19,20). The Labute approximate surface area is 126 Å². The molecular formula is C16H28N2O3. The number of carbonyl (C=O) groups is 2. The SMILES string of the molecule is CCCC1(C(=O)NC(C(=O)O)C2CCCCC2)CCNC1. The summed E-state index contributed by atoms with van der Waals surface area (Å²) in [7, 11) is 0. The normalized spacial score (nSPS) is 28.2. The summed E-state index contributed by atoms with van der Waals surface area (Å²) in [6.45, 7) is 3.58. The molecule has 2 atom stereocenters. The largest absolute Gasteiger partial charge is 0.480 e. The second-order valence-corrected chi connectivity index (χ2v) is 6.64. The summed E-state index contributed by atoms with van der Waals surface area (Å²) in [6.07, 6.45) is 7.73. The Morgan fingerprint density at radius 2 is 2.05 bits per heavy atom. The molecule has 1 saturated carbocycles. The lowest BCUT2D eigenvalue weighted by molar-refractivity contribution is -0.145. The fraction of sp³-hybridized carbons (Fsp3) is 0.875. The maximum absolute atomic E-state index is 12.7. The minimum absolute atomic E-state index is 0.0627. The minimum atomic E-state index is -0.882. The smallest absolute Gasteiger partial charge is 0.326 e.